The molecule has 1 aromatic carbocycles. The van der Waals surface area contributed by atoms with E-state index in [0.29, 0.717) is 5.02 Å². The van der Waals surface area contributed by atoms with Crippen molar-refractivity contribution in [2.45, 2.75) is 12.3 Å². The van der Waals surface area contributed by atoms with Crippen molar-refractivity contribution < 1.29 is 4.74 Å². The fourth-order valence-corrected chi connectivity index (χ4v) is 2.05. The third-order valence-electron chi connectivity index (χ3n) is 2.35. The predicted octanol–water partition coefficient (Wildman–Crippen LogP) is 4.73. The molecule has 1 heterocycles. The van der Waals surface area contributed by atoms with Crippen LogP contribution in [-0.2, 0) is 5.33 Å². The molecule has 1 aromatic heterocycles. The Kier molecular flexibility index (Phi) is 4.02. The van der Waals surface area contributed by atoms with Crippen molar-refractivity contribution in [3.63, 3.8) is 0 Å². The number of pyridine rings is 1. The molecule has 2 aromatic rings. The Morgan fingerprint density at radius 3 is 2.82 bits per heavy atom. The minimum atomic E-state index is 0.659. The Morgan fingerprint density at radius 1 is 1.29 bits per heavy atom. The second-order valence-electron chi connectivity index (χ2n) is 3.57. The van der Waals surface area contributed by atoms with Gasteiger partial charge in [0.2, 0.25) is 0 Å². The first-order valence-electron chi connectivity index (χ1n) is 5.14. The Bertz CT molecular complexity index is 531. The van der Waals surface area contributed by atoms with Gasteiger partial charge in [0, 0.05) is 22.1 Å². The lowest BCUT2D eigenvalue weighted by atomic mass is 10.2. The average molecular weight is 313 g/mol. The summed E-state index contributed by atoms with van der Waals surface area (Å²) in [6.07, 6.45) is 1.74. The van der Waals surface area contributed by atoms with Crippen LogP contribution >= 0.6 is 27.5 Å². The van der Waals surface area contributed by atoms with Gasteiger partial charge >= 0.3 is 0 Å². The number of hydrogen-bond donors (Lipinski definition) is 0. The van der Waals surface area contributed by atoms with Crippen LogP contribution in [0.4, 0.5) is 0 Å². The quantitative estimate of drug-likeness (QED) is 0.764. The monoisotopic (exact) mass is 311 g/mol. The highest BCUT2D eigenvalue weighted by Crippen LogP contribution is 2.30. The zero-order valence-corrected chi connectivity index (χ0v) is 11.6. The highest BCUT2D eigenvalue weighted by atomic mass is 79.9. The molecule has 4 heteroatoms. The first-order chi connectivity index (χ1) is 8.20. The van der Waals surface area contributed by atoms with Crippen molar-refractivity contribution in [2.75, 3.05) is 0 Å². The van der Waals surface area contributed by atoms with Crippen LogP contribution in [0.3, 0.4) is 0 Å². The lowest BCUT2D eigenvalue weighted by Gasteiger charge is -2.11. The van der Waals surface area contributed by atoms with E-state index in [4.69, 9.17) is 16.3 Å². The molecule has 0 aliphatic carbocycles. The van der Waals surface area contributed by atoms with Crippen LogP contribution in [0, 0.1) is 6.92 Å². The molecule has 0 fully saturated rings. The van der Waals surface area contributed by atoms with Gasteiger partial charge in [0.25, 0.3) is 0 Å². The van der Waals surface area contributed by atoms with Gasteiger partial charge in [-0.3, -0.25) is 4.98 Å². The van der Waals surface area contributed by atoms with Crippen LogP contribution in [0.25, 0.3) is 0 Å². The van der Waals surface area contributed by atoms with E-state index in [9.17, 15) is 0 Å². The average Bonchev–Trinajstić information content (AvgIpc) is 2.32. The third kappa shape index (κ3) is 2.99. The molecular weight excluding hydrogens is 302 g/mol. The summed E-state index contributed by atoms with van der Waals surface area (Å²) in [5.41, 5.74) is 1.91. The normalized spacial score (nSPS) is 10.3. The fourth-order valence-electron chi connectivity index (χ4n) is 1.43. The van der Waals surface area contributed by atoms with Crippen LogP contribution in [0.2, 0.25) is 5.02 Å². The van der Waals surface area contributed by atoms with Gasteiger partial charge in [0.1, 0.15) is 11.5 Å². The van der Waals surface area contributed by atoms with Gasteiger partial charge in [0.05, 0.1) is 5.69 Å². The van der Waals surface area contributed by atoms with Gasteiger partial charge in [-0.15, -0.1) is 0 Å². The summed E-state index contributed by atoms with van der Waals surface area (Å²) in [4.78, 5) is 4.18. The molecule has 0 unspecified atom stereocenters. The largest absolute Gasteiger partial charge is 0.455 e. The SMILES string of the molecule is Cc1ncccc1Oc1cc(Cl)ccc1CBr. The van der Waals surface area contributed by atoms with E-state index in [1.807, 2.05) is 37.3 Å². The summed E-state index contributed by atoms with van der Waals surface area (Å²) in [7, 11) is 0. The van der Waals surface area contributed by atoms with Gasteiger partial charge in [-0.25, -0.2) is 0 Å². The summed E-state index contributed by atoms with van der Waals surface area (Å²) in [5.74, 6) is 1.50. The van der Waals surface area contributed by atoms with Crippen molar-refractivity contribution >= 4 is 27.5 Å². The minimum Gasteiger partial charge on any atom is -0.455 e. The minimum absolute atomic E-state index is 0.659. The molecule has 17 heavy (non-hydrogen) atoms. The van der Waals surface area contributed by atoms with E-state index in [0.717, 1.165) is 28.1 Å². The Hall–Kier alpha value is -1.06. The van der Waals surface area contributed by atoms with E-state index in [2.05, 4.69) is 20.9 Å². The number of aryl methyl sites for hydroxylation is 1. The number of hydrogen-bond acceptors (Lipinski definition) is 2. The highest BCUT2D eigenvalue weighted by Gasteiger charge is 2.07. The van der Waals surface area contributed by atoms with E-state index < -0.39 is 0 Å². The van der Waals surface area contributed by atoms with Crippen LogP contribution in [0.1, 0.15) is 11.3 Å². The molecule has 0 saturated carbocycles. The fraction of sp³-hybridized carbons (Fsp3) is 0.154. The second kappa shape index (κ2) is 5.52. The molecule has 2 rings (SSSR count). The third-order valence-corrected chi connectivity index (χ3v) is 3.19. The second-order valence-corrected chi connectivity index (χ2v) is 4.57. The number of nitrogens with zero attached hydrogens (tertiary/aromatic N) is 1. The molecule has 0 spiro atoms. The van der Waals surface area contributed by atoms with Crippen LogP contribution < -0.4 is 4.74 Å². The number of benzene rings is 1. The first-order valence-corrected chi connectivity index (χ1v) is 6.64. The summed E-state index contributed by atoms with van der Waals surface area (Å²) in [6.45, 7) is 1.91. The van der Waals surface area contributed by atoms with Crippen molar-refractivity contribution in [1.82, 2.24) is 4.98 Å². The van der Waals surface area contributed by atoms with E-state index in [1.54, 1.807) is 6.20 Å². The zero-order chi connectivity index (χ0) is 12.3. The Morgan fingerprint density at radius 2 is 2.12 bits per heavy atom. The maximum atomic E-state index is 5.97. The number of rotatable bonds is 3. The first kappa shape index (κ1) is 12.4. The lowest BCUT2D eigenvalue weighted by Crippen LogP contribution is -1.92. The van der Waals surface area contributed by atoms with Crippen LogP contribution in [-0.4, -0.2) is 4.98 Å². The summed E-state index contributed by atoms with van der Waals surface area (Å²) >= 11 is 9.39. The van der Waals surface area contributed by atoms with Gasteiger partial charge in [-0.2, -0.15) is 0 Å². The maximum Gasteiger partial charge on any atom is 0.148 e. The standard InChI is InChI=1S/C13H11BrClNO/c1-9-12(3-2-6-16-9)17-13-7-11(15)5-4-10(13)8-14/h2-7H,8H2,1H3. The topological polar surface area (TPSA) is 22.1 Å². The Balaban J connectivity index is 2.35. The molecule has 0 saturated heterocycles. The molecule has 88 valence electrons. The number of aromatic nitrogens is 1. The lowest BCUT2D eigenvalue weighted by molar-refractivity contribution is 0.472. The zero-order valence-electron chi connectivity index (χ0n) is 9.28. The summed E-state index contributed by atoms with van der Waals surface area (Å²) in [5, 5.41) is 1.38. The molecule has 2 nitrogen and oxygen atoms in total. The maximum absolute atomic E-state index is 5.97. The van der Waals surface area contributed by atoms with E-state index in [-0.39, 0.29) is 0 Å². The van der Waals surface area contributed by atoms with Gasteiger partial charge < -0.3 is 4.74 Å². The van der Waals surface area contributed by atoms with Crippen molar-refractivity contribution in [3.8, 4) is 11.5 Å². The Labute approximate surface area is 114 Å². The smallest absolute Gasteiger partial charge is 0.148 e. The van der Waals surface area contributed by atoms with Gasteiger partial charge in [-0.1, -0.05) is 33.6 Å². The summed E-state index contributed by atoms with van der Waals surface area (Å²) < 4.78 is 5.84. The van der Waals surface area contributed by atoms with E-state index in [1.165, 1.54) is 0 Å². The van der Waals surface area contributed by atoms with Crippen LogP contribution in [0.15, 0.2) is 36.5 Å². The van der Waals surface area contributed by atoms with Gasteiger partial charge in [0.15, 0.2) is 0 Å². The molecule has 0 N–H and O–H groups in total. The summed E-state index contributed by atoms with van der Waals surface area (Å²) in [6, 6.07) is 9.34. The number of halogens is 2. The molecule has 0 atom stereocenters. The molecule has 0 radical (unpaired) electrons. The highest BCUT2D eigenvalue weighted by molar-refractivity contribution is 9.08. The van der Waals surface area contributed by atoms with Crippen molar-refractivity contribution in [1.29, 1.82) is 0 Å². The number of alkyl halides is 1. The molecule has 0 bridgehead atoms. The predicted molar refractivity (Wildman–Crippen MR) is 73.1 cm³/mol. The molecular formula is C13H11BrClNO. The van der Waals surface area contributed by atoms with E-state index >= 15 is 0 Å². The van der Waals surface area contributed by atoms with Crippen molar-refractivity contribution in [3.05, 3.63) is 52.8 Å². The molecule has 0 aliphatic heterocycles. The number of ether oxygens (including phenoxy) is 1. The van der Waals surface area contributed by atoms with Crippen molar-refractivity contribution in [2.24, 2.45) is 0 Å². The molecule has 0 aliphatic rings. The van der Waals surface area contributed by atoms with Gasteiger partial charge in [-0.05, 0) is 31.2 Å². The van der Waals surface area contributed by atoms with Crippen LogP contribution in [0.5, 0.6) is 11.5 Å². The molecule has 0 amide bonds.